The number of hydrogen-bond donors (Lipinski definition) is 1. The number of urea groups is 1. The fourth-order valence-electron chi connectivity index (χ4n) is 3.66. The molecule has 2 aromatic rings. The molecule has 0 radical (unpaired) electrons. The molecular weight excluding hydrogens is 354 g/mol. The number of rotatable bonds is 4. The molecule has 1 fully saturated rings. The fourth-order valence-corrected chi connectivity index (χ4v) is 3.66. The highest BCUT2D eigenvalue weighted by Crippen LogP contribution is 2.30. The van der Waals surface area contributed by atoms with E-state index >= 15 is 0 Å². The molecule has 0 unspecified atom stereocenters. The van der Waals surface area contributed by atoms with Crippen molar-refractivity contribution in [1.29, 1.82) is 0 Å². The number of nitrogens with zero attached hydrogens (tertiary/aromatic N) is 2. The summed E-state index contributed by atoms with van der Waals surface area (Å²) < 4.78 is 11.1. The third kappa shape index (κ3) is 4.57. The Labute approximate surface area is 166 Å². The van der Waals surface area contributed by atoms with Gasteiger partial charge in [-0.15, -0.1) is 0 Å². The quantitative estimate of drug-likeness (QED) is 0.885. The Morgan fingerprint density at radius 1 is 0.964 bits per heavy atom. The van der Waals surface area contributed by atoms with Gasteiger partial charge in [0.1, 0.15) is 13.2 Å². The molecule has 0 aromatic heterocycles. The van der Waals surface area contributed by atoms with Gasteiger partial charge < -0.3 is 19.7 Å². The zero-order valence-corrected chi connectivity index (χ0v) is 16.3. The Bertz CT molecular complexity index is 832. The molecule has 28 heavy (non-hydrogen) atoms. The minimum atomic E-state index is -0.00917. The maximum Gasteiger partial charge on any atom is 0.317 e. The molecule has 2 amide bonds. The SMILES string of the molecule is Cc1cccc(CN2CCN(C(=O)NCc3ccc4c(c3)OCCO4)CC2)c1. The second-order valence-electron chi connectivity index (χ2n) is 7.39. The lowest BCUT2D eigenvalue weighted by molar-refractivity contribution is 0.135. The van der Waals surface area contributed by atoms with Crippen molar-refractivity contribution in [2.24, 2.45) is 0 Å². The number of fused-ring (bicyclic) bond motifs is 1. The molecule has 2 aromatic carbocycles. The molecule has 4 rings (SSSR count). The Kier molecular flexibility index (Phi) is 5.67. The summed E-state index contributed by atoms with van der Waals surface area (Å²) in [7, 11) is 0. The number of aryl methyl sites for hydroxylation is 1. The molecule has 1 N–H and O–H groups in total. The summed E-state index contributed by atoms with van der Waals surface area (Å²) >= 11 is 0. The number of amides is 2. The van der Waals surface area contributed by atoms with Crippen molar-refractivity contribution >= 4 is 6.03 Å². The first-order valence-electron chi connectivity index (χ1n) is 9.86. The number of benzene rings is 2. The van der Waals surface area contributed by atoms with E-state index in [2.05, 4.69) is 41.4 Å². The van der Waals surface area contributed by atoms with E-state index in [9.17, 15) is 4.79 Å². The van der Waals surface area contributed by atoms with Crippen LogP contribution < -0.4 is 14.8 Å². The predicted octanol–water partition coefficient (Wildman–Crippen LogP) is 2.79. The molecule has 6 nitrogen and oxygen atoms in total. The maximum atomic E-state index is 12.5. The monoisotopic (exact) mass is 381 g/mol. The average Bonchev–Trinajstić information content (AvgIpc) is 2.72. The standard InChI is InChI=1S/C22H27N3O3/c1-17-3-2-4-19(13-17)16-24-7-9-25(10-8-24)22(26)23-15-18-5-6-20-21(14-18)28-12-11-27-20/h2-6,13-14H,7-12,15-16H2,1H3,(H,23,26). The second-order valence-corrected chi connectivity index (χ2v) is 7.39. The third-order valence-electron chi connectivity index (χ3n) is 5.20. The van der Waals surface area contributed by atoms with Gasteiger partial charge in [0.2, 0.25) is 0 Å². The first-order valence-corrected chi connectivity index (χ1v) is 9.86. The van der Waals surface area contributed by atoms with Gasteiger partial charge in [-0.25, -0.2) is 4.79 Å². The number of carbonyl (C=O) groups is 1. The lowest BCUT2D eigenvalue weighted by Gasteiger charge is -2.34. The van der Waals surface area contributed by atoms with Crippen LogP contribution in [0.4, 0.5) is 4.79 Å². The van der Waals surface area contributed by atoms with Crippen LogP contribution in [0.2, 0.25) is 0 Å². The van der Waals surface area contributed by atoms with Gasteiger partial charge in [0, 0.05) is 39.3 Å². The van der Waals surface area contributed by atoms with Gasteiger partial charge in [0.25, 0.3) is 0 Å². The first kappa shape index (κ1) is 18.6. The van der Waals surface area contributed by atoms with E-state index in [1.54, 1.807) is 0 Å². The zero-order chi connectivity index (χ0) is 19.3. The summed E-state index contributed by atoms with van der Waals surface area (Å²) in [6.07, 6.45) is 0. The van der Waals surface area contributed by atoms with Crippen molar-refractivity contribution in [3.8, 4) is 11.5 Å². The minimum absolute atomic E-state index is 0.00917. The molecule has 2 heterocycles. The second kappa shape index (κ2) is 8.52. The molecule has 0 saturated carbocycles. The smallest absolute Gasteiger partial charge is 0.317 e. The van der Waals surface area contributed by atoms with Crippen molar-refractivity contribution < 1.29 is 14.3 Å². The van der Waals surface area contributed by atoms with E-state index in [-0.39, 0.29) is 6.03 Å². The van der Waals surface area contributed by atoms with Gasteiger partial charge in [0.05, 0.1) is 0 Å². The molecule has 2 aliphatic rings. The van der Waals surface area contributed by atoms with Gasteiger partial charge in [0.15, 0.2) is 11.5 Å². The van der Waals surface area contributed by atoms with Gasteiger partial charge in [-0.2, -0.15) is 0 Å². The molecule has 0 atom stereocenters. The summed E-state index contributed by atoms with van der Waals surface area (Å²) in [5, 5.41) is 3.02. The van der Waals surface area contributed by atoms with Crippen molar-refractivity contribution in [3.63, 3.8) is 0 Å². The number of piperazine rings is 1. The lowest BCUT2D eigenvalue weighted by atomic mass is 10.1. The van der Waals surface area contributed by atoms with Crippen molar-refractivity contribution in [2.75, 3.05) is 39.4 Å². The maximum absolute atomic E-state index is 12.5. The fraction of sp³-hybridized carbons (Fsp3) is 0.409. The van der Waals surface area contributed by atoms with E-state index in [1.165, 1.54) is 11.1 Å². The lowest BCUT2D eigenvalue weighted by Crippen LogP contribution is -2.51. The Balaban J connectivity index is 1.24. The molecule has 0 aliphatic carbocycles. The normalized spacial score (nSPS) is 16.7. The first-order chi connectivity index (χ1) is 13.7. The van der Waals surface area contributed by atoms with E-state index in [4.69, 9.17) is 9.47 Å². The van der Waals surface area contributed by atoms with Crippen LogP contribution in [0.3, 0.4) is 0 Å². The molecular formula is C22H27N3O3. The van der Waals surface area contributed by atoms with Crippen molar-refractivity contribution in [3.05, 3.63) is 59.2 Å². The van der Waals surface area contributed by atoms with Gasteiger partial charge >= 0.3 is 6.03 Å². The van der Waals surface area contributed by atoms with E-state index in [0.29, 0.717) is 19.8 Å². The van der Waals surface area contributed by atoms with E-state index < -0.39 is 0 Å². The van der Waals surface area contributed by atoms with Crippen LogP contribution in [0, 0.1) is 6.92 Å². The van der Waals surface area contributed by atoms with Crippen LogP contribution in [0.15, 0.2) is 42.5 Å². The molecule has 1 saturated heterocycles. The van der Waals surface area contributed by atoms with E-state index in [0.717, 1.165) is 49.8 Å². The van der Waals surface area contributed by atoms with Crippen molar-refractivity contribution in [1.82, 2.24) is 15.1 Å². The summed E-state index contributed by atoms with van der Waals surface area (Å²) in [6.45, 7) is 7.98. The summed E-state index contributed by atoms with van der Waals surface area (Å²) in [5.41, 5.74) is 3.63. The van der Waals surface area contributed by atoms with Crippen LogP contribution in [-0.4, -0.2) is 55.2 Å². The highest BCUT2D eigenvalue weighted by atomic mass is 16.6. The van der Waals surface area contributed by atoms with Crippen LogP contribution in [-0.2, 0) is 13.1 Å². The average molecular weight is 381 g/mol. The van der Waals surface area contributed by atoms with Gasteiger partial charge in [-0.1, -0.05) is 35.9 Å². The number of nitrogens with one attached hydrogen (secondary N) is 1. The highest BCUT2D eigenvalue weighted by Gasteiger charge is 2.21. The van der Waals surface area contributed by atoms with Crippen LogP contribution >= 0.6 is 0 Å². The zero-order valence-electron chi connectivity index (χ0n) is 16.3. The third-order valence-corrected chi connectivity index (χ3v) is 5.20. The molecule has 148 valence electrons. The van der Waals surface area contributed by atoms with Gasteiger partial charge in [-0.3, -0.25) is 4.90 Å². The largest absolute Gasteiger partial charge is 0.486 e. The van der Waals surface area contributed by atoms with Crippen LogP contribution in [0.1, 0.15) is 16.7 Å². The number of carbonyl (C=O) groups excluding carboxylic acids is 1. The van der Waals surface area contributed by atoms with Crippen LogP contribution in [0.25, 0.3) is 0 Å². The molecule has 2 aliphatic heterocycles. The Morgan fingerprint density at radius 3 is 2.54 bits per heavy atom. The summed E-state index contributed by atoms with van der Waals surface area (Å²) in [6, 6.07) is 14.4. The number of hydrogen-bond acceptors (Lipinski definition) is 4. The minimum Gasteiger partial charge on any atom is -0.486 e. The predicted molar refractivity (Wildman–Crippen MR) is 108 cm³/mol. The number of ether oxygens (including phenoxy) is 2. The Hall–Kier alpha value is -2.73. The topological polar surface area (TPSA) is 54.0 Å². The van der Waals surface area contributed by atoms with Gasteiger partial charge in [-0.05, 0) is 30.2 Å². The molecule has 0 spiro atoms. The molecule has 0 bridgehead atoms. The highest BCUT2D eigenvalue weighted by molar-refractivity contribution is 5.74. The molecule has 6 heteroatoms. The van der Waals surface area contributed by atoms with E-state index in [1.807, 2.05) is 23.1 Å². The summed E-state index contributed by atoms with van der Waals surface area (Å²) in [5.74, 6) is 1.52. The Morgan fingerprint density at radius 2 is 1.75 bits per heavy atom. The summed E-state index contributed by atoms with van der Waals surface area (Å²) in [4.78, 5) is 16.8. The van der Waals surface area contributed by atoms with Crippen molar-refractivity contribution in [2.45, 2.75) is 20.0 Å². The van der Waals surface area contributed by atoms with Crippen LogP contribution in [0.5, 0.6) is 11.5 Å².